The quantitative estimate of drug-likeness (QED) is 0.763. The molecule has 2 N–H and O–H groups in total. The maximum absolute atomic E-state index is 6.00. The van der Waals surface area contributed by atoms with Crippen LogP contribution >= 0.6 is 0 Å². The Bertz CT molecular complexity index is 438. The van der Waals surface area contributed by atoms with Gasteiger partial charge in [-0.1, -0.05) is 6.07 Å². The van der Waals surface area contributed by atoms with Crippen LogP contribution in [0.3, 0.4) is 0 Å². The first-order chi connectivity index (χ1) is 7.74. The zero-order valence-electron chi connectivity index (χ0n) is 9.11. The van der Waals surface area contributed by atoms with E-state index in [1.54, 1.807) is 13.2 Å². The van der Waals surface area contributed by atoms with Gasteiger partial charge in [-0.05, 0) is 23.3 Å². The maximum atomic E-state index is 6.00. The summed E-state index contributed by atoms with van der Waals surface area (Å²) in [4.78, 5) is 5.48. The molecule has 84 valence electrons. The molecule has 0 radical (unpaired) electrons. The van der Waals surface area contributed by atoms with E-state index in [0.29, 0.717) is 12.2 Å². The zero-order valence-corrected chi connectivity index (χ0v) is 9.11. The Morgan fingerprint density at radius 2 is 2.31 bits per heavy atom. The minimum atomic E-state index is -0.00611. The standard InChI is InChI=1S/C10H14N6/c1-16-14-10(13-15-16)6-9(11)5-8-3-2-4-12-7-8/h2-4,7,9H,5-6,11H2,1H3. The molecule has 0 fully saturated rings. The second-order valence-corrected chi connectivity index (χ2v) is 3.72. The molecular formula is C10H14N6. The topological polar surface area (TPSA) is 82.5 Å². The minimum Gasteiger partial charge on any atom is -0.327 e. The highest BCUT2D eigenvalue weighted by atomic mass is 15.6. The van der Waals surface area contributed by atoms with Crippen molar-refractivity contribution in [2.45, 2.75) is 18.9 Å². The number of tetrazole rings is 1. The minimum absolute atomic E-state index is 0.00611. The molecule has 2 aromatic heterocycles. The Morgan fingerprint density at radius 1 is 1.44 bits per heavy atom. The van der Waals surface area contributed by atoms with Gasteiger partial charge in [-0.15, -0.1) is 10.2 Å². The highest BCUT2D eigenvalue weighted by Gasteiger charge is 2.09. The van der Waals surface area contributed by atoms with Crippen LogP contribution < -0.4 is 5.73 Å². The molecule has 0 aliphatic heterocycles. The van der Waals surface area contributed by atoms with Gasteiger partial charge >= 0.3 is 0 Å². The van der Waals surface area contributed by atoms with Crippen molar-refractivity contribution in [3.05, 3.63) is 35.9 Å². The normalized spacial score (nSPS) is 12.6. The van der Waals surface area contributed by atoms with E-state index < -0.39 is 0 Å². The summed E-state index contributed by atoms with van der Waals surface area (Å²) in [6.45, 7) is 0. The van der Waals surface area contributed by atoms with Crippen LogP contribution in [0.4, 0.5) is 0 Å². The van der Waals surface area contributed by atoms with Crippen molar-refractivity contribution in [3.63, 3.8) is 0 Å². The predicted molar refractivity (Wildman–Crippen MR) is 58.4 cm³/mol. The molecule has 1 atom stereocenters. The van der Waals surface area contributed by atoms with E-state index in [1.165, 1.54) is 4.80 Å². The first-order valence-electron chi connectivity index (χ1n) is 5.11. The van der Waals surface area contributed by atoms with Crippen molar-refractivity contribution < 1.29 is 0 Å². The van der Waals surface area contributed by atoms with E-state index in [9.17, 15) is 0 Å². The summed E-state index contributed by atoms with van der Waals surface area (Å²) in [5, 5.41) is 11.8. The molecule has 6 heteroatoms. The number of rotatable bonds is 4. The van der Waals surface area contributed by atoms with Gasteiger partial charge < -0.3 is 5.73 Å². The first-order valence-corrected chi connectivity index (χ1v) is 5.11. The number of hydrogen-bond acceptors (Lipinski definition) is 5. The van der Waals surface area contributed by atoms with E-state index in [2.05, 4.69) is 20.4 Å². The monoisotopic (exact) mass is 218 g/mol. The molecule has 6 nitrogen and oxygen atoms in total. The Balaban J connectivity index is 1.92. The number of aromatic nitrogens is 5. The van der Waals surface area contributed by atoms with Crippen LogP contribution in [0.5, 0.6) is 0 Å². The average molecular weight is 218 g/mol. The summed E-state index contributed by atoms with van der Waals surface area (Å²) in [6.07, 6.45) is 4.97. The lowest BCUT2D eigenvalue weighted by Crippen LogP contribution is -2.26. The molecule has 0 spiro atoms. The third-order valence-electron chi connectivity index (χ3n) is 2.22. The Morgan fingerprint density at radius 3 is 2.94 bits per heavy atom. The lowest BCUT2D eigenvalue weighted by atomic mass is 10.1. The third kappa shape index (κ3) is 2.83. The number of hydrogen-bond donors (Lipinski definition) is 1. The predicted octanol–water partition coefficient (Wildman–Crippen LogP) is -0.282. The Kier molecular flexibility index (Phi) is 3.21. The number of nitrogens with zero attached hydrogens (tertiary/aromatic N) is 5. The second-order valence-electron chi connectivity index (χ2n) is 3.72. The van der Waals surface area contributed by atoms with Crippen LogP contribution in [0, 0.1) is 0 Å². The smallest absolute Gasteiger partial charge is 0.176 e. The first kappa shape index (κ1) is 10.7. The lowest BCUT2D eigenvalue weighted by molar-refractivity contribution is 0.614. The molecule has 0 amide bonds. The molecule has 1 unspecified atom stereocenters. The van der Waals surface area contributed by atoms with Gasteiger partial charge in [-0.3, -0.25) is 4.98 Å². The summed E-state index contributed by atoms with van der Waals surface area (Å²) in [5.41, 5.74) is 7.13. The lowest BCUT2D eigenvalue weighted by Gasteiger charge is -2.08. The number of pyridine rings is 1. The number of aryl methyl sites for hydroxylation is 1. The van der Waals surface area contributed by atoms with E-state index in [-0.39, 0.29) is 6.04 Å². The maximum Gasteiger partial charge on any atom is 0.176 e. The van der Waals surface area contributed by atoms with Gasteiger partial charge in [0.05, 0.1) is 7.05 Å². The van der Waals surface area contributed by atoms with E-state index >= 15 is 0 Å². The van der Waals surface area contributed by atoms with Crippen molar-refractivity contribution in [1.29, 1.82) is 0 Å². The van der Waals surface area contributed by atoms with E-state index in [1.807, 2.05) is 18.3 Å². The molecule has 0 aliphatic rings. The molecule has 0 aliphatic carbocycles. The van der Waals surface area contributed by atoms with Gasteiger partial charge in [0.1, 0.15) is 0 Å². The average Bonchev–Trinajstić information content (AvgIpc) is 2.65. The van der Waals surface area contributed by atoms with Crippen LogP contribution in [0.15, 0.2) is 24.5 Å². The fourth-order valence-electron chi connectivity index (χ4n) is 1.53. The summed E-state index contributed by atoms with van der Waals surface area (Å²) in [5.74, 6) is 0.680. The Hall–Kier alpha value is -1.82. The van der Waals surface area contributed by atoms with Gasteiger partial charge in [0.15, 0.2) is 5.82 Å². The SMILES string of the molecule is Cn1nnc(CC(N)Cc2cccnc2)n1. The highest BCUT2D eigenvalue weighted by Crippen LogP contribution is 2.02. The Labute approximate surface area is 93.5 Å². The van der Waals surface area contributed by atoms with Crippen LogP contribution in [-0.2, 0) is 19.9 Å². The van der Waals surface area contributed by atoms with E-state index in [4.69, 9.17) is 5.73 Å². The molecular weight excluding hydrogens is 204 g/mol. The van der Waals surface area contributed by atoms with Crippen molar-refractivity contribution >= 4 is 0 Å². The van der Waals surface area contributed by atoms with Crippen LogP contribution in [0.2, 0.25) is 0 Å². The molecule has 2 aromatic rings. The second kappa shape index (κ2) is 4.80. The van der Waals surface area contributed by atoms with Gasteiger partial charge in [0, 0.05) is 24.9 Å². The fourth-order valence-corrected chi connectivity index (χ4v) is 1.53. The van der Waals surface area contributed by atoms with Crippen molar-refractivity contribution in [1.82, 2.24) is 25.2 Å². The van der Waals surface area contributed by atoms with Gasteiger partial charge in [0.25, 0.3) is 0 Å². The van der Waals surface area contributed by atoms with Crippen LogP contribution in [-0.4, -0.2) is 31.2 Å². The molecule has 2 heterocycles. The van der Waals surface area contributed by atoms with Gasteiger partial charge in [0.2, 0.25) is 0 Å². The van der Waals surface area contributed by atoms with E-state index in [0.717, 1.165) is 12.0 Å². The van der Waals surface area contributed by atoms with Crippen molar-refractivity contribution in [3.8, 4) is 0 Å². The molecule has 0 saturated heterocycles. The van der Waals surface area contributed by atoms with Crippen molar-refractivity contribution in [2.24, 2.45) is 12.8 Å². The fraction of sp³-hybridized carbons (Fsp3) is 0.400. The van der Waals surface area contributed by atoms with Crippen LogP contribution in [0.1, 0.15) is 11.4 Å². The zero-order chi connectivity index (χ0) is 11.4. The largest absolute Gasteiger partial charge is 0.327 e. The summed E-state index contributed by atoms with van der Waals surface area (Å²) in [6, 6.07) is 3.91. The molecule has 16 heavy (non-hydrogen) atoms. The van der Waals surface area contributed by atoms with Crippen LogP contribution in [0.25, 0.3) is 0 Å². The molecule has 0 saturated carbocycles. The number of nitrogens with two attached hydrogens (primary N) is 1. The third-order valence-corrected chi connectivity index (χ3v) is 2.22. The summed E-state index contributed by atoms with van der Waals surface area (Å²) < 4.78 is 0. The highest BCUT2D eigenvalue weighted by molar-refractivity contribution is 5.10. The van der Waals surface area contributed by atoms with Gasteiger partial charge in [-0.25, -0.2) is 0 Å². The van der Waals surface area contributed by atoms with Crippen molar-refractivity contribution in [2.75, 3.05) is 0 Å². The molecule has 0 aromatic carbocycles. The summed E-state index contributed by atoms with van der Waals surface area (Å²) in [7, 11) is 1.74. The van der Waals surface area contributed by atoms with Gasteiger partial charge in [-0.2, -0.15) is 4.80 Å². The summed E-state index contributed by atoms with van der Waals surface area (Å²) >= 11 is 0. The molecule has 0 bridgehead atoms. The molecule has 2 rings (SSSR count).